The highest BCUT2D eigenvalue weighted by Gasteiger charge is 2.50. The molecule has 102 valence electrons. The molecule has 1 saturated carbocycles. The summed E-state index contributed by atoms with van der Waals surface area (Å²) in [5, 5.41) is 11.8. The van der Waals surface area contributed by atoms with Crippen molar-refractivity contribution in [1.29, 1.82) is 0 Å². The molecule has 4 heteroatoms. The number of carbonyl (C=O) groups excluding carboxylic acids is 1. The van der Waals surface area contributed by atoms with Crippen LogP contribution in [-0.2, 0) is 22.4 Å². The third-order valence-electron chi connectivity index (χ3n) is 3.70. The highest BCUT2D eigenvalue weighted by molar-refractivity contribution is 5.82. The second-order valence-corrected chi connectivity index (χ2v) is 5.21. The summed E-state index contributed by atoms with van der Waals surface area (Å²) in [6, 6.07) is 7.92. The van der Waals surface area contributed by atoms with Crippen LogP contribution in [0.25, 0.3) is 0 Å². The normalized spacial score (nSPS) is 15.8. The number of hydrogen-bond acceptors (Lipinski definition) is 2. The predicted octanol–water partition coefficient (Wildman–Crippen LogP) is 1.77. The summed E-state index contributed by atoms with van der Waals surface area (Å²) < 4.78 is 0. The van der Waals surface area contributed by atoms with Crippen molar-refractivity contribution in [3.63, 3.8) is 0 Å². The lowest BCUT2D eigenvalue weighted by Crippen LogP contribution is -2.35. The van der Waals surface area contributed by atoms with Crippen LogP contribution in [0.4, 0.5) is 0 Å². The van der Waals surface area contributed by atoms with Crippen molar-refractivity contribution < 1.29 is 14.7 Å². The van der Waals surface area contributed by atoms with Gasteiger partial charge in [-0.2, -0.15) is 0 Å². The molecule has 1 fully saturated rings. The van der Waals surface area contributed by atoms with Gasteiger partial charge in [-0.15, -0.1) is 0 Å². The van der Waals surface area contributed by atoms with Crippen molar-refractivity contribution in [3.05, 3.63) is 35.4 Å². The summed E-state index contributed by atoms with van der Waals surface area (Å²) >= 11 is 0. The van der Waals surface area contributed by atoms with E-state index in [0.29, 0.717) is 19.3 Å². The molecular formula is C15H19NO3. The van der Waals surface area contributed by atoms with Crippen molar-refractivity contribution in [1.82, 2.24) is 5.32 Å². The minimum Gasteiger partial charge on any atom is -0.481 e. The van der Waals surface area contributed by atoms with Gasteiger partial charge in [-0.25, -0.2) is 0 Å². The Labute approximate surface area is 112 Å². The maximum absolute atomic E-state index is 11.8. The van der Waals surface area contributed by atoms with E-state index in [1.54, 1.807) is 0 Å². The maximum atomic E-state index is 11.8. The van der Waals surface area contributed by atoms with E-state index in [1.165, 1.54) is 5.56 Å². The van der Waals surface area contributed by atoms with Gasteiger partial charge in [0.15, 0.2) is 0 Å². The molecule has 1 amide bonds. The summed E-state index contributed by atoms with van der Waals surface area (Å²) in [7, 11) is 0. The molecule has 0 heterocycles. The van der Waals surface area contributed by atoms with Gasteiger partial charge >= 0.3 is 5.97 Å². The van der Waals surface area contributed by atoms with Crippen molar-refractivity contribution in [2.24, 2.45) is 5.41 Å². The lowest BCUT2D eigenvalue weighted by molar-refractivity contribution is -0.143. The Morgan fingerprint density at radius 2 is 2.00 bits per heavy atom. The maximum Gasteiger partial charge on any atom is 0.311 e. The fraction of sp³-hybridized carbons (Fsp3) is 0.467. The van der Waals surface area contributed by atoms with Crippen LogP contribution in [0.3, 0.4) is 0 Å². The minimum atomic E-state index is -0.805. The van der Waals surface area contributed by atoms with Gasteiger partial charge in [0, 0.05) is 6.54 Å². The van der Waals surface area contributed by atoms with Crippen LogP contribution < -0.4 is 5.32 Å². The SMILES string of the molecule is CCc1cccc(CC(=O)NCC2(C(=O)O)CC2)c1. The molecule has 0 aromatic heterocycles. The van der Waals surface area contributed by atoms with Gasteiger partial charge in [0.1, 0.15) is 0 Å². The number of carbonyl (C=O) groups is 2. The Morgan fingerprint density at radius 1 is 1.32 bits per heavy atom. The molecule has 0 spiro atoms. The van der Waals surface area contributed by atoms with Crippen LogP contribution in [0.5, 0.6) is 0 Å². The highest BCUT2D eigenvalue weighted by atomic mass is 16.4. The quantitative estimate of drug-likeness (QED) is 0.820. The predicted molar refractivity (Wildman–Crippen MR) is 71.8 cm³/mol. The van der Waals surface area contributed by atoms with Crippen LogP contribution in [0.2, 0.25) is 0 Å². The molecular weight excluding hydrogens is 242 g/mol. The number of amides is 1. The Kier molecular flexibility index (Phi) is 3.88. The van der Waals surface area contributed by atoms with Crippen LogP contribution in [0.1, 0.15) is 30.9 Å². The molecule has 0 aliphatic heterocycles. The lowest BCUT2D eigenvalue weighted by Gasteiger charge is -2.11. The third-order valence-corrected chi connectivity index (χ3v) is 3.70. The van der Waals surface area contributed by atoms with Gasteiger partial charge < -0.3 is 10.4 Å². The topological polar surface area (TPSA) is 66.4 Å². The van der Waals surface area contributed by atoms with Crippen molar-refractivity contribution in [2.45, 2.75) is 32.6 Å². The highest BCUT2D eigenvalue weighted by Crippen LogP contribution is 2.45. The first-order valence-electron chi connectivity index (χ1n) is 6.64. The monoisotopic (exact) mass is 261 g/mol. The summed E-state index contributed by atoms with van der Waals surface area (Å²) in [5.74, 6) is -0.915. The van der Waals surface area contributed by atoms with E-state index in [0.717, 1.165) is 12.0 Å². The van der Waals surface area contributed by atoms with Gasteiger partial charge in [-0.1, -0.05) is 31.2 Å². The smallest absolute Gasteiger partial charge is 0.311 e. The Morgan fingerprint density at radius 3 is 2.58 bits per heavy atom. The van der Waals surface area contributed by atoms with Gasteiger partial charge in [0.2, 0.25) is 5.91 Å². The molecule has 1 aromatic rings. The first kappa shape index (κ1) is 13.6. The average Bonchev–Trinajstić information content (AvgIpc) is 3.18. The fourth-order valence-corrected chi connectivity index (χ4v) is 2.09. The standard InChI is InChI=1S/C15H19NO3/c1-2-11-4-3-5-12(8-11)9-13(17)16-10-15(6-7-15)14(18)19/h3-5,8H,2,6-7,9-10H2,1H3,(H,16,17)(H,18,19). The number of nitrogens with one attached hydrogen (secondary N) is 1. The molecule has 0 atom stereocenters. The van der Waals surface area contributed by atoms with Crippen LogP contribution >= 0.6 is 0 Å². The van der Waals surface area contributed by atoms with Crippen molar-refractivity contribution >= 4 is 11.9 Å². The van der Waals surface area contributed by atoms with E-state index in [9.17, 15) is 9.59 Å². The molecule has 1 aliphatic carbocycles. The molecule has 0 radical (unpaired) electrons. The zero-order valence-corrected chi connectivity index (χ0v) is 11.1. The first-order chi connectivity index (χ1) is 9.05. The summed E-state index contributed by atoms with van der Waals surface area (Å²) in [6.07, 6.45) is 2.57. The number of hydrogen-bond donors (Lipinski definition) is 2. The summed E-state index contributed by atoms with van der Waals surface area (Å²) in [5.41, 5.74) is 1.48. The number of benzene rings is 1. The molecule has 2 N–H and O–H groups in total. The van der Waals surface area contributed by atoms with E-state index < -0.39 is 11.4 Å². The molecule has 0 unspecified atom stereocenters. The van der Waals surface area contributed by atoms with E-state index in [2.05, 4.69) is 12.2 Å². The number of carboxylic acid groups (broad SMARTS) is 1. The second-order valence-electron chi connectivity index (χ2n) is 5.21. The van der Waals surface area contributed by atoms with Crippen LogP contribution in [-0.4, -0.2) is 23.5 Å². The molecule has 1 aliphatic rings. The average molecular weight is 261 g/mol. The zero-order chi connectivity index (χ0) is 13.9. The largest absolute Gasteiger partial charge is 0.481 e. The van der Waals surface area contributed by atoms with E-state index >= 15 is 0 Å². The van der Waals surface area contributed by atoms with Crippen LogP contribution in [0.15, 0.2) is 24.3 Å². The van der Waals surface area contributed by atoms with Gasteiger partial charge in [-0.05, 0) is 30.4 Å². The summed E-state index contributed by atoms with van der Waals surface area (Å²) in [6.45, 7) is 2.32. The van der Waals surface area contributed by atoms with E-state index in [1.807, 2.05) is 24.3 Å². The van der Waals surface area contributed by atoms with Crippen molar-refractivity contribution in [3.8, 4) is 0 Å². The minimum absolute atomic E-state index is 0.110. The fourth-order valence-electron chi connectivity index (χ4n) is 2.09. The molecule has 0 saturated heterocycles. The molecule has 4 nitrogen and oxygen atoms in total. The number of aliphatic carboxylic acids is 1. The summed E-state index contributed by atoms with van der Waals surface area (Å²) in [4.78, 5) is 22.8. The number of rotatable bonds is 6. The second kappa shape index (κ2) is 5.43. The van der Waals surface area contributed by atoms with Gasteiger partial charge in [0.25, 0.3) is 0 Å². The van der Waals surface area contributed by atoms with Gasteiger partial charge in [-0.3, -0.25) is 9.59 Å². The molecule has 1 aromatic carbocycles. The number of aryl methyl sites for hydroxylation is 1. The molecule has 19 heavy (non-hydrogen) atoms. The lowest BCUT2D eigenvalue weighted by atomic mass is 10.1. The third kappa shape index (κ3) is 3.34. The molecule has 2 rings (SSSR count). The van der Waals surface area contributed by atoms with Gasteiger partial charge in [0.05, 0.1) is 11.8 Å². The zero-order valence-electron chi connectivity index (χ0n) is 11.1. The van der Waals surface area contributed by atoms with E-state index in [-0.39, 0.29) is 12.5 Å². The number of carboxylic acids is 1. The molecule has 0 bridgehead atoms. The Hall–Kier alpha value is -1.84. The Bertz CT molecular complexity index is 492. The van der Waals surface area contributed by atoms with Crippen molar-refractivity contribution in [2.75, 3.05) is 6.54 Å². The Balaban J connectivity index is 1.86. The van der Waals surface area contributed by atoms with Crippen LogP contribution in [0, 0.1) is 5.41 Å². The first-order valence-corrected chi connectivity index (χ1v) is 6.64. The van der Waals surface area contributed by atoms with E-state index in [4.69, 9.17) is 5.11 Å².